The molecular weight excluding hydrogens is 166 g/mol. The predicted molar refractivity (Wildman–Crippen MR) is 55.7 cm³/mol. The fraction of sp³-hybridized carbons (Fsp3) is 1.00. The van der Waals surface area contributed by atoms with Crippen LogP contribution in [-0.4, -0.2) is 68.3 Å². The number of likely N-dealkylation sites (N-methyl/N-ethyl adjacent to an activating group) is 2. The second-order valence-electron chi connectivity index (χ2n) is 3.78. The Labute approximate surface area is 81.3 Å². The highest BCUT2D eigenvalue weighted by atomic mass is 16.3. The third-order valence-electron chi connectivity index (χ3n) is 2.05. The fourth-order valence-corrected chi connectivity index (χ4v) is 0.970. The van der Waals surface area contributed by atoms with Crippen molar-refractivity contribution in [2.24, 2.45) is 5.73 Å². The molecular formula is C9H23N3O. The Morgan fingerprint density at radius 1 is 1.15 bits per heavy atom. The van der Waals surface area contributed by atoms with Crippen molar-refractivity contribution in [3.05, 3.63) is 0 Å². The van der Waals surface area contributed by atoms with Crippen LogP contribution in [0, 0.1) is 0 Å². The SMILES string of the molecule is CN(C)CCN(C)CCC(O)CN. The minimum atomic E-state index is -0.346. The zero-order chi connectivity index (χ0) is 10.3. The topological polar surface area (TPSA) is 52.7 Å². The van der Waals surface area contributed by atoms with Gasteiger partial charge >= 0.3 is 0 Å². The molecule has 0 saturated heterocycles. The highest BCUT2D eigenvalue weighted by molar-refractivity contribution is 4.60. The number of aliphatic hydroxyl groups is 1. The van der Waals surface area contributed by atoms with Gasteiger partial charge in [-0.05, 0) is 27.6 Å². The molecule has 3 N–H and O–H groups in total. The van der Waals surface area contributed by atoms with Crippen molar-refractivity contribution in [2.45, 2.75) is 12.5 Å². The predicted octanol–water partition coefficient (Wildman–Crippen LogP) is -0.810. The summed E-state index contributed by atoms with van der Waals surface area (Å²) in [6.45, 7) is 3.35. The molecule has 0 saturated carbocycles. The van der Waals surface area contributed by atoms with Gasteiger partial charge in [-0.1, -0.05) is 0 Å². The second-order valence-corrected chi connectivity index (χ2v) is 3.78. The Balaban J connectivity index is 3.34. The molecule has 0 fully saturated rings. The average Bonchev–Trinajstić information content (AvgIpc) is 2.10. The minimum Gasteiger partial charge on any atom is -0.392 e. The molecule has 0 aliphatic rings. The molecule has 0 amide bonds. The van der Waals surface area contributed by atoms with E-state index in [1.54, 1.807) is 0 Å². The number of rotatable bonds is 7. The first-order valence-corrected chi connectivity index (χ1v) is 4.77. The standard InChI is InChI=1S/C9H23N3O/c1-11(2)6-7-12(3)5-4-9(13)8-10/h9,13H,4-8,10H2,1-3H3. The highest BCUT2D eigenvalue weighted by Crippen LogP contribution is 1.92. The minimum absolute atomic E-state index is 0.346. The monoisotopic (exact) mass is 189 g/mol. The smallest absolute Gasteiger partial charge is 0.0674 e. The third-order valence-corrected chi connectivity index (χ3v) is 2.05. The first-order chi connectivity index (χ1) is 6.06. The molecule has 13 heavy (non-hydrogen) atoms. The van der Waals surface area contributed by atoms with Gasteiger partial charge in [-0.3, -0.25) is 0 Å². The zero-order valence-corrected chi connectivity index (χ0v) is 9.03. The Kier molecular flexibility index (Phi) is 7.17. The molecule has 1 atom stereocenters. The van der Waals surface area contributed by atoms with Crippen molar-refractivity contribution in [3.8, 4) is 0 Å². The normalized spacial score (nSPS) is 14.1. The van der Waals surface area contributed by atoms with Crippen molar-refractivity contribution in [1.82, 2.24) is 9.80 Å². The van der Waals surface area contributed by atoms with Crippen molar-refractivity contribution < 1.29 is 5.11 Å². The molecule has 0 aromatic heterocycles. The van der Waals surface area contributed by atoms with Gasteiger partial charge in [-0.25, -0.2) is 0 Å². The van der Waals surface area contributed by atoms with Gasteiger partial charge in [0.1, 0.15) is 0 Å². The van der Waals surface area contributed by atoms with E-state index >= 15 is 0 Å². The Morgan fingerprint density at radius 3 is 2.23 bits per heavy atom. The van der Waals surface area contributed by atoms with Crippen molar-refractivity contribution in [3.63, 3.8) is 0 Å². The van der Waals surface area contributed by atoms with Crippen molar-refractivity contribution in [1.29, 1.82) is 0 Å². The maximum Gasteiger partial charge on any atom is 0.0674 e. The summed E-state index contributed by atoms with van der Waals surface area (Å²) in [5, 5.41) is 9.22. The first-order valence-electron chi connectivity index (χ1n) is 4.77. The fourth-order valence-electron chi connectivity index (χ4n) is 0.970. The summed E-state index contributed by atoms with van der Waals surface area (Å²) in [5.74, 6) is 0. The van der Waals surface area contributed by atoms with Crippen LogP contribution in [0.2, 0.25) is 0 Å². The van der Waals surface area contributed by atoms with Gasteiger partial charge in [0.2, 0.25) is 0 Å². The summed E-state index contributed by atoms with van der Waals surface area (Å²) in [5.41, 5.74) is 5.30. The molecule has 0 heterocycles. The Morgan fingerprint density at radius 2 is 1.77 bits per heavy atom. The van der Waals surface area contributed by atoms with Crippen LogP contribution < -0.4 is 5.73 Å². The van der Waals surface area contributed by atoms with E-state index < -0.39 is 0 Å². The molecule has 80 valence electrons. The molecule has 4 nitrogen and oxygen atoms in total. The molecule has 0 aromatic carbocycles. The lowest BCUT2D eigenvalue weighted by atomic mass is 10.2. The second kappa shape index (κ2) is 7.26. The number of hydrogen-bond acceptors (Lipinski definition) is 4. The molecule has 0 bridgehead atoms. The van der Waals surface area contributed by atoms with E-state index in [2.05, 4.69) is 30.9 Å². The van der Waals surface area contributed by atoms with Crippen LogP contribution in [-0.2, 0) is 0 Å². The van der Waals surface area contributed by atoms with E-state index in [0.29, 0.717) is 6.54 Å². The molecule has 4 heteroatoms. The lowest BCUT2D eigenvalue weighted by molar-refractivity contribution is 0.152. The molecule has 0 radical (unpaired) electrons. The summed E-state index contributed by atoms with van der Waals surface area (Å²) in [4.78, 5) is 4.36. The molecule has 0 aromatic rings. The molecule has 0 aliphatic heterocycles. The van der Waals surface area contributed by atoms with Crippen LogP contribution in [0.15, 0.2) is 0 Å². The number of aliphatic hydroxyl groups excluding tert-OH is 1. The van der Waals surface area contributed by atoms with Crippen LogP contribution >= 0.6 is 0 Å². The largest absolute Gasteiger partial charge is 0.392 e. The van der Waals surface area contributed by atoms with E-state index in [4.69, 9.17) is 5.73 Å². The van der Waals surface area contributed by atoms with Crippen LogP contribution in [0.25, 0.3) is 0 Å². The van der Waals surface area contributed by atoms with E-state index in [0.717, 1.165) is 26.1 Å². The van der Waals surface area contributed by atoms with E-state index in [1.165, 1.54) is 0 Å². The highest BCUT2D eigenvalue weighted by Gasteiger charge is 2.03. The molecule has 1 unspecified atom stereocenters. The summed E-state index contributed by atoms with van der Waals surface area (Å²) in [6, 6.07) is 0. The van der Waals surface area contributed by atoms with Gasteiger partial charge in [-0.2, -0.15) is 0 Å². The van der Waals surface area contributed by atoms with Crippen LogP contribution in [0.3, 0.4) is 0 Å². The van der Waals surface area contributed by atoms with Gasteiger partial charge in [0, 0.05) is 26.2 Å². The van der Waals surface area contributed by atoms with E-state index in [-0.39, 0.29) is 6.10 Å². The number of nitrogens with zero attached hydrogens (tertiary/aromatic N) is 2. The summed E-state index contributed by atoms with van der Waals surface area (Å²) >= 11 is 0. The van der Waals surface area contributed by atoms with Crippen LogP contribution in [0.4, 0.5) is 0 Å². The van der Waals surface area contributed by atoms with Crippen molar-refractivity contribution >= 4 is 0 Å². The van der Waals surface area contributed by atoms with Gasteiger partial charge in [0.25, 0.3) is 0 Å². The van der Waals surface area contributed by atoms with Crippen LogP contribution in [0.5, 0.6) is 0 Å². The van der Waals surface area contributed by atoms with E-state index in [9.17, 15) is 5.11 Å². The van der Waals surface area contributed by atoms with Gasteiger partial charge < -0.3 is 20.6 Å². The molecule has 0 rings (SSSR count). The molecule has 0 spiro atoms. The number of hydrogen-bond donors (Lipinski definition) is 2. The maximum absolute atomic E-state index is 9.22. The lowest BCUT2D eigenvalue weighted by Gasteiger charge is -2.20. The van der Waals surface area contributed by atoms with Gasteiger partial charge in [0.05, 0.1) is 6.10 Å². The van der Waals surface area contributed by atoms with Gasteiger partial charge in [0.15, 0.2) is 0 Å². The summed E-state index contributed by atoms with van der Waals surface area (Å²) < 4.78 is 0. The number of nitrogens with two attached hydrogens (primary N) is 1. The van der Waals surface area contributed by atoms with Crippen molar-refractivity contribution in [2.75, 3.05) is 47.3 Å². The van der Waals surface area contributed by atoms with Crippen LogP contribution in [0.1, 0.15) is 6.42 Å². The quantitative estimate of drug-likeness (QED) is 0.550. The third kappa shape index (κ3) is 8.18. The lowest BCUT2D eigenvalue weighted by Crippen LogP contribution is -2.32. The Bertz CT molecular complexity index is 119. The first kappa shape index (κ1) is 12.8. The zero-order valence-electron chi connectivity index (χ0n) is 9.03. The van der Waals surface area contributed by atoms with Gasteiger partial charge in [-0.15, -0.1) is 0 Å². The average molecular weight is 189 g/mol. The summed E-state index contributed by atoms with van der Waals surface area (Å²) in [6.07, 6.45) is 0.419. The Hall–Kier alpha value is -0.160. The molecule has 0 aliphatic carbocycles. The summed E-state index contributed by atoms with van der Waals surface area (Å²) in [7, 11) is 6.18. The maximum atomic E-state index is 9.22. The van der Waals surface area contributed by atoms with E-state index in [1.807, 2.05) is 0 Å².